The molecule has 0 aliphatic rings. The lowest BCUT2D eigenvalue weighted by atomic mass is 10.1. The minimum absolute atomic E-state index is 0.0334. The maximum atomic E-state index is 12.3. The number of anilines is 1. The number of hydrogen-bond donors (Lipinski definition) is 2. The molecular formula is C15H18N2O2S. The first-order valence-corrected chi connectivity index (χ1v) is 7.31. The van der Waals surface area contributed by atoms with Crippen molar-refractivity contribution in [2.24, 2.45) is 0 Å². The van der Waals surface area contributed by atoms with Crippen LogP contribution in [-0.2, 0) is 0 Å². The van der Waals surface area contributed by atoms with Crippen molar-refractivity contribution in [2.45, 2.75) is 19.4 Å². The smallest absolute Gasteiger partial charge is 0.251 e. The van der Waals surface area contributed by atoms with Gasteiger partial charge in [-0.1, -0.05) is 13.0 Å². The van der Waals surface area contributed by atoms with Crippen LogP contribution in [0.5, 0.6) is 5.75 Å². The molecule has 0 spiro atoms. The van der Waals surface area contributed by atoms with Gasteiger partial charge in [0.15, 0.2) is 0 Å². The summed E-state index contributed by atoms with van der Waals surface area (Å²) in [6, 6.07) is 9.09. The quantitative estimate of drug-likeness (QED) is 0.831. The van der Waals surface area contributed by atoms with Crippen molar-refractivity contribution in [2.75, 3.05) is 12.8 Å². The van der Waals surface area contributed by atoms with E-state index in [0.717, 1.165) is 11.3 Å². The summed E-state index contributed by atoms with van der Waals surface area (Å²) in [4.78, 5) is 13.4. The SMILES string of the molecule is CCC(NC(=O)c1ccc(N)c(OC)c1)c1cccs1. The van der Waals surface area contributed by atoms with Crippen LogP contribution in [0.1, 0.15) is 34.6 Å². The van der Waals surface area contributed by atoms with E-state index in [4.69, 9.17) is 10.5 Å². The van der Waals surface area contributed by atoms with E-state index in [1.807, 2.05) is 24.4 Å². The number of nitrogens with two attached hydrogens (primary N) is 1. The fraction of sp³-hybridized carbons (Fsp3) is 0.267. The molecule has 1 aromatic heterocycles. The largest absolute Gasteiger partial charge is 0.495 e. The molecule has 0 bridgehead atoms. The number of nitrogen functional groups attached to an aromatic ring is 1. The van der Waals surface area contributed by atoms with Crippen LogP contribution in [-0.4, -0.2) is 13.0 Å². The van der Waals surface area contributed by atoms with E-state index < -0.39 is 0 Å². The van der Waals surface area contributed by atoms with Crippen LogP contribution in [0.3, 0.4) is 0 Å². The standard InChI is InChI=1S/C15H18N2O2S/c1-3-12(14-5-4-8-20-14)17-15(18)10-6-7-11(16)13(9-10)19-2/h4-9,12H,3,16H2,1-2H3,(H,17,18). The second-order valence-corrected chi connectivity index (χ2v) is 5.39. The van der Waals surface area contributed by atoms with Gasteiger partial charge in [0.2, 0.25) is 0 Å². The van der Waals surface area contributed by atoms with Crippen molar-refractivity contribution in [3.05, 3.63) is 46.2 Å². The van der Waals surface area contributed by atoms with Crippen molar-refractivity contribution in [1.82, 2.24) is 5.32 Å². The molecule has 1 heterocycles. The van der Waals surface area contributed by atoms with Crippen LogP contribution in [0.4, 0.5) is 5.69 Å². The fourth-order valence-corrected chi connectivity index (χ4v) is 2.82. The predicted molar refractivity (Wildman–Crippen MR) is 82.2 cm³/mol. The maximum absolute atomic E-state index is 12.3. The zero-order chi connectivity index (χ0) is 14.5. The average Bonchev–Trinajstić information content (AvgIpc) is 2.99. The topological polar surface area (TPSA) is 64.4 Å². The highest BCUT2D eigenvalue weighted by atomic mass is 32.1. The highest BCUT2D eigenvalue weighted by Gasteiger charge is 2.15. The molecule has 0 aliphatic heterocycles. The Morgan fingerprint density at radius 2 is 2.25 bits per heavy atom. The zero-order valence-electron chi connectivity index (χ0n) is 11.6. The van der Waals surface area contributed by atoms with Gasteiger partial charge in [-0.25, -0.2) is 0 Å². The molecule has 0 aliphatic carbocycles. The lowest BCUT2D eigenvalue weighted by Gasteiger charge is -2.16. The third-order valence-corrected chi connectivity index (χ3v) is 4.08. The van der Waals surface area contributed by atoms with Gasteiger partial charge in [-0.2, -0.15) is 0 Å². The van der Waals surface area contributed by atoms with Gasteiger partial charge in [0.1, 0.15) is 5.75 Å². The molecule has 1 aromatic carbocycles. The number of thiophene rings is 1. The highest BCUT2D eigenvalue weighted by Crippen LogP contribution is 2.24. The number of ether oxygens (including phenoxy) is 1. The Hall–Kier alpha value is -2.01. The van der Waals surface area contributed by atoms with Gasteiger partial charge in [0.25, 0.3) is 5.91 Å². The lowest BCUT2D eigenvalue weighted by Crippen LogP contribution is -2.27. The van der Waals surface area contributed by atoms with Crippen molar-refractivity contribution in [3.8, 4) is 5.75 Å². The highest BCUT2D eigenvalue weighted by molar-refractivity contribution is 7.10. The van der Waals surface area contributed by atoms with Gasteiger partial charge >= 0.3 is 0 Å². The average molecular weight is 290 g/mol. The summed E-state index contributed by atoms with van der Waals surface area (Å²) < 4.78 is 5.14. The first-order valence-electron chi connectivity index (χ1n) is 6.43. The molecule has 0 saturated heterocycles. The fourth-order valence-electron chi connectivity index (χ4n) is 1.96. The Morgan fingerprint density at radius 1 is 1.45 bits per heavy atom. The number of carbonyl (C=O) groups is 1. The van der Waals surface area contributed by atoms with Crippen LogP contribution in [0.25, 0.3) is 0 Å². The van der Waals surface area contributed by atoms with E-state index in [0.29, 0.717) is 17.0 Å². The predicted octanol–water partition coefficient (Wildman–Crippen LogP) is 3.22. The zero-order valence-corrected chi connectivity index (χ0v) is 12.4. The molecule has 3 N–H and O–H groups in total. The minimum atomic E-state index is -0.122. The van der Waals surface area contributed by atoms with Gasteiger partial charge in [0, 0.05) is 10.4 Å². The van der Waals surface area contributed by atoms with E-state index in [1.165, 1.54) is 7.11 Å². The number of carbonyl (C=O) groups excluding carboxylic acids is 1. The summed E-state index contributed by atoms with van der Waals surface area (Å²) in [7, 11) is 1.54. The third kappa shape index (κ3) is 3.11. The van der Waals surface area contributed by atoms with Gasteiger partial charge < -0.3 is 15.8 Å². The van der Waals surface area contributed by atoms with E-state index in [2.05, 4.69) is 5.32 Å². The molecule has 1 unspecified atom stereocenters. The van der Waals surface area contributed by atoms with Crippen LogP contribution in [0, 0.1) is 0 Å². The number of hydrogen-bond acceptors (Lipinski definition) is 4. The van der Waals surface area contributed by atoms with Crippen molar-refractivity contribution >= 4 is 22.9 Å². The second-order valence-electron chi connectivity index (χ2n) is 4.41. The number of rotatable bonds is 5. The van der Waals surface area contributed by atoms with Crippen molar-refractivity contribution < 1.29 is 9.53 Å². The number of methoxy groups -OCH3 is 1. The van der Waals surface area contributed by atoms with Crippen LogP contribution in [0.15, 0.2) is 35.7 Å². The van der Waals surface area contributed by atoms with Crippen molar-refractivity contribution in [1.29, 1.82) is 0 Å². The summed E-state index contributed by atoms with van der Waals surface area (Å²) in [5, 5.41) is 5.04. The van der Waals surface area contributed by atoms with Crippen LogP contribution < -0.4 is 15.8 Å². The Kier molecular flexibility index (Phi) is 4.63. The molecule has 0 fully saturated rings. The Balaban J connectivity index is 2.15. The van der Waals surface area contributed by atoms with Gasteiger partial charge in [0.05, 0.1) is 18.8 Å². The number of nitrogens with one attached hydrogen (secondary N) is 1. The summed E-state index contributed by atoms with van der Waals surface area (Å²) in [6.07, 6.45) is 0.846. The molecule has 2 rings (SSSR count). The molecular weight excluding hydrogens is 272 g/mol. The van der Waals surface area contributed by atoms with E-state index in [9.17, 15) is 4.79 Å². The first-order chi connectivity index (χ1) is 9.65. The monoisotopic (exact) mass is 290 g/mol. The normalized spacial score (nSPS) is 11.9. The first kappa shape index (κ1) is 14.4. The van der Waals surface area contributed by atoms with Gasteiger partial charge in [-0.15, -0.1) is 11.3 Å². The summed E-state index contributed by atoms with van der Waals surface area (Å²) in [6.45, 7) is 2.05. The molecule has 1 atom stereocenters. The number of benzene rings is 1. The van der Waals surface area contributed by atoms with E-state index >= 15 is 0 Å². The molecule has 4 nitrogen and oxygen atoms in total. The number of amides is 1. The Bertz CT molecular complexity index is 582. The van der Waals surface area contributed by atoms with Crippen LogP contribution >= 0.6 is 11.3 Å². The molecule has 2 aromatic rings. The minimum Gasteiger partial charge on any atom is -0.495 e. The summed E-state index contributed by atoms with van der Waals surface area (Å²) >= 11 is 1.64. The summed E-state index contributed by atoms with van der Waals surface area (Å²) in [5.74, 6) is 0.394. The molecule has 0 saturated carbocycles. The molecule has 20 heavy (non-hydrogen) atoms. The van der Waals surface area contributed by atoms with Crippen LogP contribution in [0.2, 0.25) is 0 Å². The maximum Gasteiger partial charge on any atom is 0.251 e. The van der Waals surface area contributed by atoms with E-state index in [1.54, 1.807) is 29.5 Å². The Morgan fingerprint density at radius 3 is 2.85 bits per heavy atom. The van der Waals surface area contributed by atoms with Crippen molar-refractivity contribution in [3.63, 3.8) is 0 Å². The van der Waals surface area contributed by atoms with Gasteiger partial charge in [-0.05, 0) is 36.1 Å². The molecule has 0 radical (unpaired) electrons. The second kappa shape index (κ2) is 6.43. The molecule has 5 heteroatoms. The summed E-state index contributed by atoms with van der Waals surface area (Å²) in [5.41, 5.74) is 6.82. The molecule has 1 amide bonds. The van der Waals surface area contributed by atoms with Gasteiger partial charge in [-0.3, -0.25) is 4.79 Å². The lowest BCUT2D eigenvalue weighted by molar-refractivity contribution is 0.0936. The third-order valence-electron chi connectivity index (χ3n) is 3.10. The molecule has 106 valence electrons. The Labute approximate surface area is 122 Å². The van der Waals surface area contributed by atoms with E-state index in [-0.39, 0.29) is 11.9 Å².